The topological polar surface area (TPSA) is 78.8 Å². The van der Waals surface area contributed by atoms with Gasteiger partial charge in [0.2, 0.25) is 10.0 Å². The smallest absolute Gasteiger partial charge is 0.255 e. The molecule has 0 spiro atoms. The number of nitrogens with zero attached hydrogens (tertiary/aromatic N) is 2. The molecule has 7 heteroatoms. The average Bonchev–Trinajstić information content (AvgIpc) is 2.55. The minimum Gasteiger partial charge on any atom is -0.272 e. The van der Waals surface area contributed by atoms with Gasteiger partial charge in [0.15, 0.2) is 0 Å². The molecule has 0 aromatic heterocycles. The summed E-state index contributed by atoms with van der Waals surface area (Å²) in [5.41, 5.74) is 6.66. The van der Waals surface area contributed by atoms with E-state index in [1.807, 2.05) is 50.2 Å². The van der Waals surface area contributed by atoms with Crippen molar-refractivity contribution in [3.8, 4) is 0 Å². The maximum absolute atomic E-state index is 12.9. The third-order valence-electron chi connectivity index (χ3n) is 4.12. The first kappa shape index (κ1) is 20.8. The van der Waals surface area contributed by atoms with Gasteiger partial charge in [0.25, 0.3) is 5.91 Å². The lowest BCUT2D eigenvalue weighted by Gasteiger charge is -2.19. The van der Waals surface area contributed by atoms with E-state index in [4.69, 9.17) is 0 Å². The second kappa shape index (κ2) is 8.45. The summed E-state index contributed by atoms with van der Waals surface area (Å²) in [6.45, 7) is 7.09. The Labute approximate surface area is 161 Å². The monoisotopic (exact) mass is 387 g/mol. The van der Waals surface area contributed by atoms with Crippen molar-refractivity contribution in [3.63, 3.8) is 0 Å². The Kier molecular flexibility index (Phi) is 6.51. The summed E-state index contributed by atoms with van der Waals surface area (Å²) < 4.78 is 26.7. The first-order chi connectivity index (χ1) is 12.6. The first-order valence-corrected chi connectivity index (χ1v) is 9.98. The molecule has 6 nitrogen and oxygen atoms in total. The zero-order valence-corrected chi connectivity index (χ0v) is 17.1. The highest BCUT2D eigenvalue weighted by atomic mass is 32.2. The van der Waals surface area contributed by atoms with Gasteiger partial charge in [-0.15, -0.1) is 0 Å². The van der Waals surface area contributed by atoms with Crippen LogP contribution in [0.3, 0.4) is 0 Å². The van der Waals surface area contributed by atoms with Gasteiger partial charge in [0.1, 0.15) is 0 Å². The van der Waals surface area contributed by atoms with Crippen molar-refractivity contribution >= 4 is 22.1 Å². The standard InChI is InChI=1S/C20H25N3O3S/c1-14-6-8-18(9-7-14)12-21-22-19(24)13-23(5)27(25,26)20-16(3)10-15(2)11-17(20)4/h6-12H,13H2,1-5H3,(H,22,24)/b21-12-. The second-order valence-corrected chi connectivity index (χ2v) is 8.67. The molecule has 2 rings (SSSR count). The molecule has 27 heavy (non-hydrogen) atoms. The van der Waals surface area contributed by atoms with Crippen molar-refractivity contribution in [2.45, 2.75) is 32.6 Å². The summed E-state index contributed by atoms with van der Waals surface area (Å²) in [5, 5.41) is 3.88. The average molecular weight is 388 g/mol. The van der Waals surface area contributed by atoms with Gasteiger partial charge in [-0.2, -0.15) is 9.41 Å². The van der Waals surface area contributed by atoms with Gasteiger partial charge in [-0.05, 0) is 44.4 Å². The molecule has 0 fully saturated rings. The third-order valence-corrected chi connectivity index (χ3v) is 6.23. The van der Waals surface area contributed by atoms with Crippen LogP contribution in [-0.4, -0.2) is 38.4 Å². The Morgan fingerprint density at radius 1 is 1.04 bits per heavy atom. The van der Waals surface area contributed by atoms with Crippen LogP contribution in [0.15, 0.2) is 46.4 Å². The number of sulfonamides is 1. The van der Waals surface area contributed by atoms with E-state index >= 15 is 0 Å². The van der Waals surface area contributed by atoms with Crippen LogP contribution in [0.5, 0.6) is 0 Å². The van der Waals surface area contributed by atoms with Gasteiger partial charge < -0.3 is 0 Å². The summed E-state index contributed by atoms with van der Waals surface area (Å²) in [4.78, 5) is 12.3. The van der Waals surface area contributed by atoms with E-state index in [0.717, 1.165) is 21.0 Å². The van der Waals surface area contributed by atoms with Gasteiger partial charge in [-0.1, -0.05) is 47.5 Å². The van der Waals surface area contributed by atoms with E-state index in [0.29, 0.717) is 11.1 Å². The molecule has 2 aromatic rings. The molecule has 2 aromatic carbocycles. The van der Waals surface area contributed by atoms with Gasteiger partial charge in [0, 0.05) is 7.05 Å². The summed E-state index contributed by atoms with van der Waals surface area (Å²) in [7, 11) is -2.39. The Balaban J connectivity index is 2.06. The van der Waals surface area contributed by atoms with Crippen LogP contribution in [0.2, 0.25) is 0 Å². The molecule has 144 valence electrons. The molecule has 0 aliphatic heterocycles. The molecular formula is C20H25N3O3S. The van der Waals surface area contributed by atoms with E-state index in [9.17, 15) is 13.2 Å². The maximum atomic E-state index is 12.9. The van der Waals surface area contributed by atoms with Crippen LogP contribution in [-0.2, 0) is 14.8 Å². The minimum absolute atomic E-state index is 0.242. The van der Waals surface area contributed by atoms with Crippen LogP contribution in [0.1, 0.15) is 27.8 Å². The summed E-state index contributed by atoms with van der Waals surface area (Å²) in [6, 6.07) is 11.3. The number of amides is 1. The van der Waals surface area contributed by atoms with Crippen LogP contribution in [0, 0.1) is 27.7 Å². The number of likely N-dealkylation sites (N-methyl/N-ethyl adjacent to an activating group) is 1. The van der Waals surface area contributed by atoms with Crippen molar-refractivity contribution in [1.82, 2.24) is 9.73 Å². The number of benzene rings is 2. The fourth-order valence-electron chi connectivity index (χ4n) is 2.88. The Morgan fingerprint density at radius 2 is 1.59 bits per heavy atom. The number of nitrogens with one attached hydrogen (secondary N) is 1. The Bertz CT molecular complexity index is 941. The lowest BCUT2D eigenvalue weighted by Crippen LogP contribution is -2.37. The van der Waals surface area contributed by atoms with Gasteiger partial charge in [-0.25, -0.2) is 13.8 Å². The van der Waals surface area contributed by atoms with E-state index in [-0.39, 0.29) is 11.4 Å². The van der Waals surface area contributed by atoms with Gasteiger partial charge in [-0.3, -0.25) is 4.79 Å². The zero-order valence-electron chi connectivity index (χ0n) is 16.3. The quantitative estimate of drug-likeness (QED) is 0.611. The van der Waals surface area contributed by atoms with Crippen LogP contribution < -0.4 is 5.43 Å². The molecular weight excluding hydrogens is 362 g/mol. The molecule has 0 aliphatic carbocycles. The van der Waals surface area contributed by atoms with Crippen molar-refractivity contribution in [3.05, 3.63) is 64.2 Å². The normalized spacial score (nSPS) is 11.9. The molecule has 0 saturated carbocycles. The predicted octanol–water partition coefficient (Wildman–Crippen LogP) is 2.69. The molecule has 1 N–H and O–H groups in total. The largest absolute Gasteiger partial charge is 0.272 e. The number of rotatable bonds is 6. The maximum Gasteiger partial charge on any atom is 0.255 e. The fraction of sp³-hybridized carbons (Fsp3) is 0.300. The van der Waals surface area contributed by atoms with E-state index in [1.54, 1.807) is 13.8 Å². The predicted molar refractivity (Wildman–Crippen MR) is 107 cm³/mol. The number of hydrazone groups is 1. The summed E-state index contributed by atoms with van der Waals surface area (Å²) >= 11 is 0. The fourth-order valence-corrected chi connectivity index (χ4v) is 4.41. The van der Waals surface area contributed by atoms with Gasteiger partial charge in [0.05, 0.1) is 17.7 Å². The highest BCUT2D eigenvalue weighted by molar-refractivity contribution is 7.89. The lowest BCUT2D eigenvalue weighted by atomic mass is 10.1. The van der Waals surface area contributed by atoms with Crippen molar-refractivity contribution in [2.24, 2.45) is 5.10 Å². The Hall–Kier alpha value is -2.51. The number of hydrogen-bond donors (Lipinski definition) is 1. The van der Waals surface area contributed by atoms with E-state index in [2.05, 4.69) is 10.5 Å². The van der Waals surface area contributed by atoms with Crippen molar-refractivity contribution in [2.75, 3.05) is 13.6 Å². The van der Waals surface area contributed by atoms with Crippen LogP contribution >= 0.6 is 0 Å². The van der Waals surface area contributed by atoms with Crippen LogP contribution in [0.25, 0.3) is 0 Å². The summed E-state index contributed by atoms with van der Waals surface area (Å²) in [6.07, 6.45) is 1.51. The number of hydrogen-bond acceptors (Lipinski definition) is 4. The van der Waals surface area contributed by atoms with E-state index < -0.39 is 15.9 Å². The number of aryl methyl sites for hydroxylation is 4. The first-order valence-electron chi connectivity index (χ1n) is 8.54. The van der Waals surface area contributed by atoms with Crippen LogP contribution in [0.4, 0.5) is 0 Å². The molecule has 0 atom stereocenters. The summed E-state index contributed by atoms with van der Waals surface area (Å²) in [5.74, 6) is -0.508. The van der Waals surface area contributed by atoms with E-state index in [1.165, 1.54) is 13.3 Å². The second-order valence-electron chi connectivity index (χ2n) is 6.69. The SMILES string of the molecule is Cc1ccc(/C=N\NC(=O)CN(C)S(=O)(=O)c2c(C)cc(C)cc2C)cc1. The molecule has 0 saturated heterocycles. The molecule has 0 radical (unpaired) electrons. The Morgan fingerprint density at radius 3 is 2.15 bits per heavy atom. The zero-order chi connectivity index (χ0) is 20.2. The molecule has 0 heterocycles. The minimum atomic E-state index is -3.77. The molecule has 0 bridgehead atoms. The molecule has 1 amide bonds. The lowest BCUT2D eigenvalue weighted by molar-refractivity contribution is -0.121. The van der Waals surface area contributed by atoms with Crippen molar-refractivity contribution in [1.29, 1.82) is 0 Å². The highest BCUT2D eigenvalue weighted by Gasteiger charge is 2.26. The molecule has 0 unspecified atom stereocenters. The highest BCUT2D eigenvalue weighted by Crippen LogP contribution is 2.24. The third kappa shape index (κ3) is 5.24. The van der Waals surface area contributed by atoms with Crippen molar-refractivity contribution < 1.29 is 13.2 Å². The van der Waals surface area contributed by atoms with Gasteiger partial charge >= 0.3 is 0 Å². The molecule has 0 aliphatic rings. The number of carbonyl (C=O) groups excluding carboxylic acids is 1. The number of carbonyl (C=O) groups is 1.